The van der Waals surface area contributed by atoms with Crippen LogP contribution < -0.4 is 5.73 Å². The Morgan fingerprint density at radius 1 is 1.05 bits per heavy atom. The number of benzene rings is 2. The number of rotatable bonds is 5. The summed E-state index contributed by atoms with van der Waals surface area (Å²) in [6, 6.07) is 13.8. The van der Waals surface area contributed by atoms with Crippen LogP contribution in [0.15, 0.2) is 58.3 Å². The van der Waals surface area contributed by atoms with E-state index in [1.165, 1.54) is 12.1 Å². The molecule has 2 N–H and O–H groups in total. The fourth-order valence-corrected chi connectivity index (χ4v) is 3.64. The van der Waals surface area contributed by atoms with Crippen molar-refractivity contribution in [2.75, 3.05) is 6.26 Å². The van der Waals surface area contributed by atoms with E-state index in [2.05, 4.69) is 0 Å². The van der Waals surface area contributed by atoms with Crippen LogP contribution in [0.5, 0.6) is 0 Å². The quantitative estimate of drug-likeness (QED) is 0.911. The zero-order valence-corrected chi connectivity index (χ0v) is 13.3. The van der Waals surface area contributed by atoms with Gasteiger partial charge < -0.3 is 5.73 Å². The smallest absolute Gasteiger partial charge is 0.175 e. The molecule has 112 valence electrons. The van der Waals surface area contributed by atoms with Gasteiger partial charge in [0.25, 0.3) is 0 Å². The van der Waals surface area contributed by atoms with Crippen LogP contribution in [0.4, 0.5) is 0 Å². The first-order chi connectivity index (χ1) is 9.90. The van der Waals surface area contributed by atoms with Gasteiger partial charge in [0.2, 0.25) is 0 Å². The van der Waals surface area contributed by atoms with Crippen molar-refractivity contribution in [2.24, 2.45) is 5.73 Å². The molecule has 0 bridgehead atoms. The molecule has 0 amide bonds. The average Bonchev–Trinajstić information content (AvgIpc) is 2.46. The average molecular weight is 323 g/mol. The molecule has 1 atom stereocenters. The molecule has 6 heteroatoms. The maximum absolute atomic E-state index is 12.3. The van der Waals surface area contributed by atoms with Gasteiger partial charge in [-0.2, -0.15) is 0 Å². The van der Waals surface area contributed by atoms with E-state index in [0.29, 0.717) is 17.2 Å². The zero-order chi connectivity index (χ0) is 15.5. The van der Waals surface area contributed by atoms with Crippen molar-refractivity contribution in [2.45, 2.75) is 22.1 Å². The molecule has 2 aromatic carbocycles. The molecular formula is C15H17NO3S2. The molecule has 0 heterocycles. The standard InChI is InChI=1S/C15H17NO3S2/c1-21(18,19)15-7-5-14(6-8-15)20(17)11-13-4-2-3-12(9-13)10-16/h2-9H,10-11,16H2,1H3. The van der Waals surface area contributed by atoms with Gasteiger partial charge in [-0.05, 0) is 35.4 Å². The van der Waals surface area contributed by atoms with Gasteiger partial charge in [0.05, 0.1) is 21.4 Å². The van der Waals surface area contributed by atoms with E-state index in [4.69, 9.17) is 5.73 Å². The van der Waals surface area contributed by atoms with Crippen molar-refractivity contribution in [3.63, 3.8) is 0 Å². The number of sulfone groups is 1. The van der Waals surface area contributed by atoms with E-state index >= 15 is 0 Å². The van der Waals surface area contributed by atoms with Crippen molar-refractivity contribution in [1.29, 1.82) is 0 Å². The lowest BCUT2D eigenvalue weighted by atomic mass is 10.1. The van der Waals surface area contributed by atoms with Crippen molar-refractivity contribution in [1.82, 2.24) is 0 Å². The summed E-state index contributed by atoms with van der Waals surface area (Å²) in [6.45, 7) is 0.448. The van der Waals surface area contributed by atoms with Crippen LogP contribution in [-0.4, -0.2) is 18.9 Å². The maximum Gasteiger partial charge on any atom is 0.175 e. The first-order valence-electron chi connectivity index (χ1n) is 6.36. The molecule has 0 radical (unpaired) electrons. The molecule has 1 unspecified atom stereocenters. The van der Waals surface area contributed by atoms with Gasteiger partial charge in [0, 0.05) is 17.7 Å². The van der Waals surface area contributed by atoms with Gasteiger partial charge in [-0.15, -0.1) is 0 Å². The topological polar surface area (TPSA) is 77.2 Å². The minimum atomic E-state index is -3.23. The van der Waals surface area contributed by atoms with Crippen molar-refractivity contribution >= 4 is 20.6 Å². The Bertz CT molecular complexity index is 753. The summed E-state index contributed by atoms with van der Waals surface area (Å²) in [5.74, 6) is 0.381. The van der Waals surface area contributed by atoms with E-state index in [1.54, 1.807) is 12.1 Å². The Labute approximate surface area is 127 Å². The summed E-state index contributed by atoms with van der Waals surface area (Å²) in [4.78, 5) is 0.842. The molecular weight excluding hydrogens is 306 g/mol. The van der Waals surface area contributed by atoms with E-state index in [0.717, 1.165) is 17.4 Å². The Morgan fingerprint density at radius 3 is 2.24 bits per heavy atom. The van der Waals surface area contributed by atoms with Gasteiger partial charge in [-0.1, -0.05) is 24.3 Å². The number of nitrogens with two attached hydrogens (primary N) is 1. The predicted octanol–water partition coefficient (Wildman–Crippen LogP) is 1.86. The van der Waals surface area contributed by atoms with Gasteiger partial charge >= 0.3 is 0 Å². The Morgan fingerprint density at radius 2 is 1.67 bits per heavy atom. The normalized spacial score (nSPS) is 13.0. The predicted molar refractivity (Wildman–Crippen MR) is 84.0 cm³/mol. The molecule has 0 aromatic heterocycles. The maximum atomic E-state index is 12.3. The molecule has 0 aliphatic heterocycles. The van der Waals surface area contributed by atoms with Gasteiger partial charge in [0.1, 0.15) is 0 Å². The second-order valence-corrected chi connectivity index (χ2v) is 8.22. The minimum absolute atomic E-state index is 0.230. The molecule has 0 aliphatic rings. The van der Waals surface area contributed by atoms with Crippen molar-refractivity contribution < 1.29 is 12.6 Å². The Kier molecular flexibility index (Phi) is 4.92. The summed E-state index contributed by atoms with van der Waals surface area (Å²) < 4.78 is 35.1. The second kappa shape index (κ2) is 6.51. The highest BCUT2D eigenvalue weighted by Crippen LogP contribution is 2.16. The molecule has 0 spiro atoms. The van der Waals surface area contributed by atoms with Crippen molar-refractivity contribution in [3.05, 3.63) is 59.7 Å². The highest BCUT2D eigenvalue weighted by molar-refractivity contribution is 7.90. The summed E-state index contributed by atoms with van der Waals surface area (Å²) in [5, 5.41) is 0. The van der Waals surface area contributed by atoms with Crippen LogP contribution in [-0.2, 0) is 32.9 Å². The minimum Gasteiger partial charge on any atom is -0.326 e. The molecule has 0 fully saturated rings. The lowest BCUT2D eigenvalue weighted by Crippen LogP contribution is -2.01. The van der Waals surface area contributed by atoms with E-state index in [1.807, 2.05) is 24.3 Å². The number of hydrogen-bond donors (Lipinski definition) is 1. The van der Waals surface area contributed by atoms with E-state index in [-0.39, 0.29) is 4.90 Å². The summed E-state index contributed by atoms with van der Waals surface area (Å²) >= 11 is 0. The van der Waals surface area contributed by atoms with Crippen molar-refractivity contribution in [3.8, 4) is 0 Å². The molecule has 2 rings (SSSR count). The van der Waals surface area contributed by atoms with Gasteiger partial charge in [-0.3, -0.25) is 4.21 Å². The fraction of sp³-hybridized carbons (Fsp3) is 0.200. The SMILES string of the molecule is CS(=O)(=O)c1ccc(S(=O)Cc2cccc(CN)c2)cc1. The van der Waals surface area contributed by atoms with Crippen LogP contribution >= 0.6 is 0 Å². The molecule has 4 nitrogen and oxygen atoms in total. The van der Waals surface area contributed by atoms with E-state index in [9.17, 15) is 12.6 Å². The lowest BCUT2D eigenvalue weighted by Gasteiger charge is -2.05. The van der Waals surface area contributed by atoms with Gasteiger partial charge in [0.15, 0.2) is 9.84 Å². The first kappa shape index (κ1) is 15.9. The van der Waals surface area contributed by atoms with E-state index < -0.39 is 20.6 Å². The number of hydrogen-bond acceptors (Lipinski definition) is 4. The van der Waals surface area contributed by atoms with Gasteiger partial charge in [-0.25, -0.2) is 8.42 Å². The third-order valence-electron chi connectivity index (χ3n) is 3.04. The molecule has 0 aliphatic carbocycles. The summed E-state index contributed by atoms with van der Waals surface area (Å²) in [5.41, 5.74) is 7.53. The Balaban J connectivity index is 2.16. The zero-order valence-electron chi connectivity index (χ0n) is 11.7. The molecule has 0 saturated carbocycles. The highest BCUT2D eigenvalue weighted by atomic mass is 32.2. The van der Waals surface area contributed by atoms with Crippen LogP contribution in [0.2, 0.25) is 0 Å². The molecule has 0 saturated heterocycles. The largest absolute Gasteiger partial charge is 0.326 e. The van der Waals surface area contributed by atoms with Crippen LogP contribution in [0.25, 0.3) is 0 Å². The molecule has 21 heavy (non-hydrogen) atoms. The van der Waals surface area contributed by atoms with Crippen LogP contribution in [0, 0.1) is 0 Å². The third kappa shape index (κ3) is 4.23. The lowest BCUT2D eigenvalue weighted by molar-refractivity contribution is 0.601. The van der Waals surface area contributed by atoms with Crippen LogP contribution in [0.1, 0.15) is 11.1 Å². The van der Waals surface area contributed by atoms with Crippen LogP contribution in [0.3, 0.4) is 0 Å². The Hall–Kier alpha value is -1.50. The second-order valence-electron chi connectivity index (χ2n) is 4.76. The monoisotopic (exact) mass is 323 g/mol. The first-order valence-corrected chi connectivity index (χ1v) is 9.57. The third-order valence-corrected chi connectivity index (χ3v) is 5.56. The summed E-state index contributed by atoms with van der Waals surface area (Å²) in [6.07, 6.45) is 1.15. The summed E-state index contributed by atoms with van der Waals surface area (Å²) in [7, 11) is -4.44. The fourth-order valence-electron chi connectivity index (χ4n) is 1.92. The highest BCUT2D eigenvalue weighted by Gasteiger charge is 2.09. The molecule has 2 aromatic rings.